The third-order valence-electron chi connectivity index (χ3n) is 4.01. The van der Waals surface area contributed by atoms with E-state index in [2.05, 4.69) is 5.32 Å². The number of amides is 2. The van der Waals surface area contributed by atoms with Gasteiger partial charge in [0.05, 0.1) is 19.1 Å². The Bertz CT molecular complexity index is 678. The summed E-state index contributed by atoms with van der Waals surface area (Å²) in [6, 6.07) is 3.88. The van der Waals surface area contributed by atoms with Crippen LogP contribution in [0.15, 0.2) is 18.2 Å². The van der Waals surface area contributed by atoms with Crippen molar-refractivity contribution in [2.45, 2.75) is 18.4 Å². The number of carboxylic acid groups (broad SMARTS) is 1. The van der Waals surface area contributed by atoms with E-state index in [1.165, 1.54) is 23.1 Å². The Labute approximate surface area is 131 Å². The van der Waals surface area contributed by atoms with Crippen molar-refractivity contribution in [2.75, 3.05) is 25.0 Å². The number of carboxylic acids is 1. The molecule has 1 aromatic rings. The SMILES string of the molecule is O=C1C[C@H](C(=O)N2CCO[C@@H](C(=O)O)C2)c2ccc(F)cc2N1. The molecule has 1 saturated heterocycles. The summed E-state index contributed by atoms with van der Waals surface area (Å²) in [7, 11) is 0. The molecule has 2 amide bonds. The van der Waals surface area contributed by atoms with Crippen molar-refractivity contribution in [1.29, 1.82) is 0 Å². The van der Waals surface area contributed by atoms with E-state index >= 15 is 0 Å². The van der Waals surface area contributed by atoms with Crippen LogP contribution < -0.4 is 5.32 Å². The van der Waals surface area contributed by atoms with Crippen LogP contribution >= 0.6 is 0 Å². The molecule has 8 heteroatoms. The number of benzene rings is 1. The molecule has 7 nitrogen and oxygen atoms in total. The fourth-order valence-electron chi connectivity index (χ4n) is 2.88. The highest BCUT2D eigenvalue weighted by atomic mass is 19.1. The Kier molecular flexibility index (Phi) is 3.99. The van der Waals surface area contributed by atoms with Gasteiger partial charge in [-0.25, -0.2) is 9.18 Å². The van der Waals surface area contributed by atoms with Crippen LogP contribution in [0.4, 0.5) is 10.1 Å². The van der Waals surface area contributed by atoms with Gasteiger partial charge in [-0.15, -0.1) is 0 Å². The van der Waals surface area contributed by atoms with Crippen LogP contribution in [-0.4, -0.2) is 53.6 Å². The van der Waals surface area contributed by atoms with E-state index in [0.29, 0.717) is 5.56 Å². The Morgan fingerprint density at radius 1 is 1.39 bits per heavy atom. The summed E-state index contributed by atoms with van der Waals surface area (Å²) in [4.78, 5) is 36.9. The maximum Gasteiger partial charge on any atom is 0.334 e. The number of fused-ring (bicyclic) bond motifs is 1. The summed E-state index contributed by atoms with van der Waals surface area (Å²) in [5.74, 6) is -3.10. The molecule has 0 saturated carbocycles. The zero-order valence-electron chi connectivity index (χ0n) is 12.1. The van der Waals surface area contributed by atoms with E-state index in [9.17, 15) is 18.8 Å². The predicted molar refractivity (Wildman–Crippen MR) is 76.3 cm³/mol. The first-order valence-corrected chi connectivity index (χ1v) is 7.18. The van der Waals surface area contributed by atoms with E-state index in [-0.39, 0.29) is 43.6 Å². The molecule has 1 aromatic carbocycles. The van der Waals surface area contributed by atoms with Crippen LogP contribution in [0.2, 0.25) is 0 Å². The Hall–Kier alpha value is -2.48. The normalized spacial score (nSPS) is 23.9. The van der Waals surface area contributed by atoms with Crippen LogP contribution in [0, 0.1) is 5.82 Å². The molecule has 2 N–H and O–H groups in total. The maximum absolute atomic E-state index is 13.3. The van der Waals surface area contributed by atoms with Crippen molar-refractivity contribution >= 4 is 23.5 Å². The van der Waals surface area contributed by atoms with Gasteiger partial charge in [-0.3, -0.25) is 9.59 Å². The van der Waals surface area contributed by atoms with Gasteiger partial charge in [0.25, 0.3) is 0 Å². The zero-order valence-corrected chi connectivity index (χ0v) is 12.1. The summed E-state index contributed by atoms with van der Waals surface area (Å²) >= 11 is 0. The first kappa shape index (κ1) is 15.4. The molecule has 1 fully saturated rings. The van der Waals surface area contributed by atoms with Crippen molar-refractivity contribution in [2.24, 2.45) is 0 Å². The monoisotopic (exact) mass is 322 g/mol. The minimum absolute atomic E-state index is 0.0490. The molecule has 3 rings (SSSR count). The lowest BCUT2D eigenvalue weighted by atomic mass is 9.89. The fraction of sp³-hybridized carbons (Fsp3) is 0.400. The van der Waals surface area contributed by atoms with Gasteiger partial charge in [-0.1, -0.05) is 6.07 Å². The first-order valence-electron chi connectivity index (χ1n) is 7.18. The molecular weight excluding hydrogens is 307 g/mol. The second-order valence-electron chi connectivity index (χ2n) is 5.52. The third kappa shape index (κ3) is 3.02. The summed E-state index contributed by atoms with van der Waals surface area (Å²) in [6.07, 6.45) is -1.12. The van der Waals surface area contributed by atoms with E-state index in [4.69, 9.17) is 9.84 Å². The quantitative estimate of drug-likeness (QED) is 0.829. The van der Waals surface area contributed by atoms with Gasteiger partial charge in [0, 0.05) is 18.7 Å². The molecule has 122 valence electrons. The number of ether oxygens (including phenoxy) is 1. The fourth-order valence-corrected chi connectivity index (χ4v) is 2.88. The minimum atomic E-state index is -1.13. The largest absolute Gasteiger partial charge is 0.479 e. The number of nitrogens with one attached hydrogen (secondary N) is 1. The average Bonchev–Trinajstić information content (AvgIpc) is 2.53. The molecule has 0 spiro atoms. The predicted octanol–water partition coefficient (Wildman–Crippen LogP) is 0.564. The van der Waals surface area contributed by atoms with Crippen molar-refractivity contribution in [1.82, 2.24) is 4.90 Å². The second-order valence-corrected chi connectivity index (χ2v) is 5.52. The third-order valence-corrected chi connectivity index (χ3v) is 4.01. The summed E-state index contributed by atoms with van der Waals surface area (Å²) in [6.45, 7) is 0.317. The highest BCUT2D eigenvalue weighted by molar-refractivity contribution is 6.01. The number of hydrogen-bond donors (Lipinski definition) is 2. The number of nitrogens with zero attached hydrogens (tertiary/aromatic N) is 1. The summed E-state index contributed by atoms with van der Waals surface area (Å²) < 4.78 is 18.4. The standard InChI is InChI=1S/C15H15FN2O5/c16-8-1-2-9-10(6-13(19)17-11(9)5-8)14(20)18-3-4-23-12(7-18)15(21)22/h1-2,5,10,12H,3-4,6-7H2,(H,17,19)(H,21,22)/t10-,12+/m0/s1. The van der Waals surface area contributed by atoms with E-state index in [0.717, 1.165) is 0 Å². The van der Waals surface area contributed by atoms with Gasteiger partial charge in [-0.2, -0.15) is 0 Å². The first-order chi connectivity index (χ1) is 11.0. The summed E-state index contributed by atoms with van der Waals surface area (Å²) in [5.41, 5.74) is 0.817. The van der Waals surface area contributed by atoms with Crippen molar-refractivity contribution in [3.63, 3.8) is 0 Å². The van der Waals surface area contributed by atoms with Crippen molar-refractivity contribution < 1.29 is 28.6 Å². The molecule has 2 atom stereocenters. The van der Waals surface area contributed by atoms with Crippen LogP contribution in [0.1, 0.15) is 17.9 Å². The molecule has 0 aliphatic carbocycles. The number of rotatable bonds is 2. The number of carbonyl (C=O) groups is 3. The molecule has 0 bridgehead atoms. The number of halogens is 1. The molecule has 0 aromatic heterocycles. The molecule has 0 unspecified atom stereocenters. The van der Waals surface area contributed by atoms with E-state index in [1.54, 1.807) is 0 Å². The lowest BCUT2D eigenvalue weighted by Crippen LogP contribution is -2.50. The number of carbonyl (C=O) groups excluding carboxylic acids is 2. The highest BCUT2D eigenvalue weighted by Gasteiger charge is 2.37. The Balaban J connectivity index is 1.85. The molecular formula is C15H15FN2O5. The van der Waals surface area contributed by atoms with Gasteiger partial charge in [0.2, 0.25) is 11.8 Å². The van der Waals surface area contributed by atoms with Crippen molar-refractivity contribution in [3.05, 3.63) is 29.6 Å². The lowest BCUT2D eigenvalue weighted by molar-refractivity contribution is -0.160. The minimum Gasteiger partial charge on any atom is -0.479 e. The van der Waals surface area contributed by atoms with Gasteiger partial charge in [0.1, 0.15) is 5.82 Å². The molecule has 23 heavy (non-hydrogen) atoms. The van der Waals surface area contributed by atoms with Gasteiger partial charge in [-0.05, 0) is 17.7 Å². The number of anilines is 1. The van der Waals surface area contributed by atoms with Gasteiger partial charge >= 0.3 is 5.97 Å². The zero-order chi connectivity index (χ0) is 16.6. The topological polar surface area (TPSA) is 95.9 Å². The van der Waals surface area contributed by atoms with Crippen LogP contribution in [-0.2, 0) is 19.1 Å². The molecule has 2 aliphatic rings. The smallest absolute Gasteiger partial charge is 0.334 e. The van der Waals surface area contributed by atoms with Gasteiger partial charge < -0.3 is 20.1 Å². The van der Waals surface area contributed by atoms with Crippen LogP contribution in [0.3, 0.4) is 0 Å². The van der Waals surface area contributed by atoms with E-state index in [1.807, 2.05) is 0 Å². The summed E-state index contributed by atoms with van der Waals surface area (Å²) in [5, 5.41) is 11.6. The highest BCUT2D eigenvalue weighted by Crippen LogP contribution is 2.34. The average molecular weight is 322 g/mol. The van der Waals surface area contributed by atoms with E-state index < -0.39 is 23.8 Å². The van der Waals surface area contributed by atoms with Crippen LogP contribution in [0.5, 0.6) is 0 Å². The number of aliphatic carboxylic acids is 1. The molecule has 2 heterocycles. The molecule has 0 radical (unpaired) electrons. The van der Waals surface area contributed by atoms with Crippen LogP contribution in [0.25, 0.3) is 0 Å². The lowest BCUT2D eigenvalue weighted by Gasteiger charge is -2.35. The Morgan fingerprint density at radius 2 is 2.17 bits per heavy atom. The van der Waals surface area contributed by atoms with Gasteiger partial charge in [0.15, 0.2) is 6.10 Å². The van der Waals surface area contributed by atoms with Crippen molar-refractivity contribution in [3.8, 4) is 0 Å². The molecule has 2 aliphatic heterocycles. The Morgan fingerprint density at radius 3 is 2.91 bits per heavy atom. The number of hydrogen-bond acceptors (Lipinski definition) is 4. The number of morpholine rings is 1. The maximum atomic E-state index is 13.3. The second kappa shape index (κ2) is 5.96.